The fourth-order valence-electron chi connectivity index (χ4n) is 1.49. The molecule has 0 saturated heterocycles. The molecule has 2 aromatic rings. The molecule has 6 heteroatoms. The highest BCUT2D eigenvalue weighted by molar-refractivity contribution is 7.58. The van der Waals surface area contributed by atoms with E-state index in [1.54, 1.807) is 7.11 Å². The number of aromatic nitrogens is 3. The fraction of sp³-hybridized carbons (Fsp3) is 0.273. The van der Waals surface area contributed by atoms with Crippen LogP contribution in [0.1, 0.15) is 0 Å². The Labute approximate surface area is 110 Å². The van der Waals surface area contributed by atoms with Gasteiger partial charge >= 0.3 is 0 Å². The van der Waals surface area contributed by atoms with Gasteiger partial charge in [-0.2, -0.15) is 5.10 Å². The van der Waals surface area contributed by atoms with Gasteiger partial charge in [-0.05, 0) is 24.3 Å². The smallest absolute Gasteiger partial charge is 0.162 e. The molecule has 0 bridgehead atoms. The van der Waals surface area contributed by atoms with Gasteiger partial charge in [0.2, 0.25) is 0 Å². The number of nitrogens with zero attached hydrogens (tertiary/aromatic N) is 3. The Hall–Kier alpha value is -1.17. The third kappa shape index (κ3) is 2.74. The van der Waals surface area contributed by atoms with Crippen molar-refractivity contribution in [1.82, 2.24) is 14.8 Å². The van der Waals surface area contributed by atoms with Gasteiger partial charge in [-0.1, -0.05) is 11.6 Å². The first kappa shape index (κ1) is 12.3. The number of hydrogen-bond donors (Lipinski definition) is 0. The van der Waals surface area contributed by atoms with Crippen LogP contribution in [0.3, 0.4) is 0 Å². The molecule has 90 valence electrons. The van der Waals surface area contributed by atoms with E-state index in [0.717, 1.165) is 11.4 Å². The summed E-state index contributed by atoms with van der Waals surface area (Å²) in [5, 5.41) is 9.14. The quantitative estimate of drug-likeness (QED) is 0.797. The molecule has 1 aromatic heterocycles. The molecule has 1 heterocycles. The largest absolute Gasteiger partial charge is 0.740 e. The summed E-state index contributed by atoms with van der Waals surface area (Å²) in [6, 6.07) is 7.42. The standard InChI is InChI=1S/C11H12ClN3OS/c1-16-7-6-15-10(13-14-11(15)17)8-2-4-9(12)5-3-8/h2-5H,6-7H2,1H3,(H,14,17)/p-1. The zero-order chi connectivity index (χ0) is 12.3. The fourth-order valence-corrected chi connectivity index (χ4v) is 1.83. The van der Waals surface area contributed by atoms with Crippen LogP contribution < -0.4 is 0 Å². The minimum absolute atomic E-state index is 0.465. The van der Waals surface area contributed by atoms with Gasteiger partial charge in [-0.3, -0.25) is 0 Å². The highest BCUT2D eigenvalue weighted by atomic mass is 35.5. The first-order chi connectivity index (χ1) is 8.22. The molecule has 0 radical (unpaired) electrons. The van der Waals surface area contributed by atoms with Crippen molar-refractivity contribution in [1.29, 1.82) is 0 Å². The Kier molecular flexibility index (Phi) is 3.93. The molecule has 0 N–H and O–H groups in total. The van der Waals surface area contributed by atoms with E-state index in [2.05, 4.69) is 10.2 Å². The van der Waals surface area contributed by atoms with Gasteiger partial charge in [0.15, 0.2) is 5.82 Å². The molecular formula is C11H11ClN3OS-. The van der Waals surface area contributed by atoms with Crippen LogP contribution in [0, 0.1) is 0 Å². The van der Waals surface area contributed by atoms with Crippen LogP contribution in [-0.2, 0) is 23.9 Å². The van der Waals surface area contributed by atoms with Crippen LogP contribution in [0.2, 0.25) is 5.02 Å². The van der Waals surface area contributed by atoms with Crippen molar-refractivity contribution < 1.29 is 4.74 Å². The summed E-state index contributed by atoms with van der Waals surface area (Å²) in [6.07, 6.45) is 0. The highest BCUT2D eigenvalue weighted by Gasteiger charge is 2.07. The number of rotatable bonds is 4. The molecular weight excluding hydrogens is 258 g/mol. The van der Waals surface area contributed by atoms with Gasteiger partial charge in [0.05, 0.1) is 6.61 Å². The predicted octanol–water partition coefficient (Wildman–Crippen LogP) is 2.15. The maximum absolute atomic E-state index is 5.84. The van der Waals surface area contributed by atoms with Crippen LogP contribution in [0.15, 0.2) is 29.4 Å². The van der Waals surface area contributed by atoms with Crippen LogP contribution in [-0.4, -0.2) is 28.5 Å². The van der Waals surface area contributed by atoms with Crippen molar-refractivity contribution in [2.24, 2.45) is 0 Å². The van der Waals surface area contributed by atoms with Crippen molar-refractivity contribution in [3.05, 3.63) is 29.3 Å². The van der Waals surface area contributed by atoms with Crippen LogP contribution >= 0.6 is 11.6 Å². The summed E-state index contributed by atoms with van der Waals surface area (Å²) in [5.74, 6) is 0.740. The van der Waals surface area contributed by atoms with E-state index >= 15 is 0 Å². The van der Waals surface area contributed by atoms with Crippen LogP contribution in [0.4, 0.5) is 0 Å². The Morgan fingerprint density at radius 2 is 2.00 bits per heavy atom. The van der Waals surface area contributed by atoms with E-state index < -0.39 is 0 Å². The molecule has 2 rings (SSSR count). The second-order valence-corrected chi connectivity index (χ2v) is 4.26. The summed E-state index contributed by atoms with van der Waals surface area (Å²) >= 11 is 11.0. The lowest BCUT2D eigenvalue weighted by molar-refractivity contribution is 0.185. The molecule has 0 fully saturated rings. The van der Waals surface area contributed by atoms with Crippen molar-refractivity contribution in [2.45, 2.75) is 11.7 Å². The number of halogens is 1. The monoisotopic (exact) mass is 268 g/mol. The predicted molar refractivity (Wildman–Crippen MR) is 68.0 cm³/mol. The summed E-state index contributed by atoms with van der Waals surface area (Å²) in [4.78, 5) is 0. The SMILES string of the molecule is COCCn1c([S-])nnc1-c1ccc(Cl)cc1. The maximum Gasteiger partial charge on any atom is 0.162 e. The molecule has 0 aliphatic carbocycles. The molecule has 0 aliphatic heterocycles. The Bertz CT molecular complexity index is 498. The van der Waals surface area contributed by atoms with Crippen LogP contribution in [0.5, 0.6) is 0 Å². The van der Waals surface area contributed by atoms with Crippen molar-refractivity contribution in [2.75, 3.05) is 13.7 Å². The first-order valence-electron chi connectivity index (χ1n) is 5.07. The highest BCUT2D eigenvalue weighted by Crippen LogP contribution is 2.20. The van der Waals surface area contributed by atoms with E-state index in [-0.39, 0.29) is 0 Å². The Balaban J connectivity index is 2.34. The average molecular weight is 269 g/mol. The van der Waals surface area contributed by atoms with E-state index in [1.165, 1.54) is 0 Å². The molecule has 1 aromatic carbocycles. The lowest BCUT2D eigenvalue weighted by atomic mass is 10.2. The van der Waals surface area contributed by atoms with Gasteiger partial charge in [-0.15, -0.1) is 5.10 Å². The normalized spacial score (nSPS) is 10.7. The molecule has 4 nitrogen and oxygen atoms in total. The molecule has 0 unspecified atom stereocenters. The second kappa shape index (κ2) is 5.44. The van der Waals surface area contributed by atoms with E-state index in [9.17, 15) is 0 Å². The van der Waals surface area contributed by atoms with Crippen LogP contribution in [0.25, 0.3) is 11.4 Å². The maximum atomic E-state index is 5.84. The number of benzene rings is 1. The topological polar surface area (TPSA) is 39.9 Å². The minimum Gasteiger partial charge on any atom is -0.740 e. The summed E-state index contributed by atoms with van der Waals surface area (Å²) in [5.41, 5.74) is 0.939. The lowest BCUT2D eigenvalue weighted by Crippen LogP contribution is -2.07. The number of hydrogen-bond acceptors (Lipinski definition) is 4. The van der Waals surface area contributed by atoms with Gasteiger partial charge in [0.25, 0.3) is 0 Å². The third-order valence-electron chi connectivity index (χ3n) is 2.34. The van der Waals surface area contributed by atoms with E-state index in [0.29, 0.717) is 23.3 Å². The van der Waals surface area contributed by atoms with Crippen molar-refractivity contribution in [3.63, 3.8) is 0 Å². The Morgan fingerprint density at radius 3 is 2.65 bits per heavy atom. The summed E-state index contributed by atoms with van der Waals surface area (Å²) < 4.78 is 6.89. The number of ether oxygens (including phenoxy) is 1. The van der Waals surface area contributed by atoms with Gasteiger partial charge in [0.1, 0.15) is 0 Å². The first-order valence-corrected chi connectivity index (χ1v) is 5.86. The van der Waals surface area contributed by atoms with Gasteiger partial charge in [-0.25, -0.2) is 0 Å². The second-order valence-electron chi connectivity index (χ2n) is 3.46. The van der Waals surface area contributed by atoms with Crippen molar-refractivity contribution in [3.8, 4) is 11.4 Å². The molecule has 0 aliphatic rings. The van der Waals surface area contributed by atoms with Gasteiger partial charge < -0.3 is 21.9 Å². The number of methoxy groups -OCH3 is 1. The zero-order valence-electron chi connectivity index (χ0n) is 9.26. The molecule has 0 amide bonds. The molecule has 0 saturated carbocycles. The average Bonchev–Trinajstić information content (AvgIpc) is 2.69. The third-order valence-corrected chi connectivity index (χ3v) is 2.89. The van der Waals surface area contributed by atoms with Crippen molar-refractivity contribution >= 4 is 24.2 Å². The minimum atomic E-state index is 0.465. The summed E-state index contributed by atoms with van der Waals surface area (Å²) in [7, 11) is 1.65. The molecule has 0 atom stereocenters. The molecule has 0 spiro atoms. The Morgan fingerprint density at radius 1 is 1.29 bits per heavy atom. The molecule has 17 heavy (non-hydrogen) atoms. The zero-order valence-corrected chi connectivity index (χ0v) is 10.8. The van der Waals surface area contributed by atoms with E-state index in [1.807, 2.05) is 28.8 Å². The lowest BCUT2D eigenvalue weighted by Gasteiger charge is -2.12. The van der Waals surface area contributed by atoms with Gasteiger partial charge in [0, 0.05) is 29.4 Å². The summed E-state index contributed by atoms with van der Waals surface area (Å²) in [6.45, 7) is 1.21. The van der Waals surface area contributed by atoms with E-state index in [4.69, 9.17) is 29.0 Å².